The number of hydrogen-bond acceptors (Lipinski definition) is 5. The normalized spacial score (nSPS) is 11.3. The van der Waals surface area contributed by atoms with Crippen molar-refractivity contribution in [3.05, 3.63) is 93.8 Å². The Morgan fingerprint density at radius 1 is 0.839 bits per heavy atom. The Kier molecular flexibility index (Phi) is 4.51. The summed E-state index contributed by atoms with van der Waals surface area (Å²) in [5, 5.41) is 13.4. The van der Waals surface area contributed by atoms with E-state index in [1.54, 1.807) is 13.0 Å². The standard InChI is InChI=1S/C26H20O5/c1-15-24(27)16(2)26(28)31-25(15)23-13-20-12-21(9-10-22(20)30-23)29-14-17-7-8-18-5-3-4-6-19(18)11-17/h3-13,27H,14H2,1-2H3. The summed E-state index contributed by atoms with van der Waals surface area (Å²) in [6, 6.07) is 21.8. The SMILES string of the molecule is Cc1c(-c2cc3cc(OCc4ccc5ccccc5c4)ccc3o2)oc(=O)c(C)c1O. The van der Waals surface area contributed by atoms with Gasteiger partial charge in [0.25, 0.3) is 0 Å². The second kappa shape index (κ2) is 7.36. The van der Waals surface area contributed by atoms with Crippen LogP contribution >= 0.6 is 0 Å². The second-order valence-electron chi connectivity index (χ2n) is 7.60. The van der Waals surface area contributed by atoms with Crippen molar-refractivity contribution in [2.45, 2.75) is 20.5 Å². The van der Waals surface area contributed by atoms with Gasteiger partial charge in [0.05, 0.1) is 5.56 Å². The van der Waals surface area contributed by atoms with Crippen LogP contribution in [-0.4, -0.2) is 5.11 Å². The van der Waals surface area contributed by atoms with Crippen LogP contribution in [-0.2, 0) is 6.61 Å². The molecule has 0 aliphatic heterocycles. The number of benzene rings is 3. The molecule has 0 aliphatic rings. The fourth-order valence-electron chi connectivity index (χ4n) is 3.68. The smallest absolute Gasteiger partial charge is 0.343 e. The van der Waals surface area contributed by atoms with Crippen LogP contribution < -0.4 is 10.4 Å². The number of hydrogen-bond donors (Lipinski definition) is 1. The Morgan fingerprint density at radius 3 is 2.48 bits per heavy atom. The quantitative estimate of drug-likeness (QED) is 0.386. The molecule has 5 nitrogen and oxygen atoms in total. The van der Waals surface area contributed by atoms with Gasteiger partial charge in [-0.1, -0.05) is 36.4 Å². The summed E-state index contributed by atoms with van der Waals surface area (Å²) in [7, 11) is 0. The lowest BCUT2D eigenvalue weighted by molar-refractivity contribution is 0.307. The van der Waals surface area contributed by atoms with Gasteiger partial charge < -0.3 is 18.7 Å². The fourth-order valence-corrected chi connectivity index (χ4v) is 3.68. The number of aromatic hydroxyl groups is 1. The Morgan fingerprint density at radius 2 is 1.65 bits per heavy atom. The molecular formula is C26H20O5. The van der Waals surface area contributed by atoms with Crippen LogP contribution in [0.5, 0.6) is 11.5 Å². The third-order valence-corrected chi connectivity index (χ3v) is 5.48. The molecule has 5 rings (SSSR count). The molecule has 0 atom stereocenters. The molecule has 5 aromatic rings. The zero-order valence-electron chi connectivity index (χ0n) is 17.1. The van der Waals surface area contributed by atoms with Gasteiger partial charge in [-0.3, -0.25) is 0 Å². The minimum Gasteiger partial charge on any atom is -0.507 e. The highest BCUT2D eigenvalue weighted by Gasteiger charge is 2.18. The highest BCUT2D eigenvalue weighted by molar-refractivity contribution is 5.84. The maximum absolute atomic E-state index is 12.0. The van der Waals surface area contributed by atoms with E-state index >= 15 is 0 Å². The van der Waals surface area contributed by atoms with E-state index in [0.29, 0.717) is 29.3 Å². The molecule has 0 aliphatic carbocycles. The largest absolute Gasteiger partial charge is 0.507 e. The van der Waals surface area contributed by atoms with Crippen LogP contribution in [0.1, 0.15) is 16.7 Å². The highest BCUT2D eigenvalue weighted by Crippen LogP contribution is 2.34. The summed E-state index contributed by atoms with van der Waals surface area (Å²) in [4.78, 5) is 12.0. The number of furan rings is 1. The van der Waals surface area contributed by atoms with E-state index in [9.17, 15) is 9.90 Å². The molecule has 154 valence electrons. The summed E-state index contributed by atoms with van der Waals surface area (Å²) < 4.78 is 17.2. The van der Waals surface area contributed by atoms with E-state index in [1.165, 1.54) is 17.7 Å². The molecule has 0 fully saturated rings. The van der Waals surface area contributed by atoms with Crippen molar-refractivity contribution in [1.29, 1.82) is 0 Å². The fraction of sp³-hybridized carbons (Fsp3) is 0.115. The van der Waals surface area contributed by atoms with Crippen molar-refractivity contribution in [3.63, 3.8) is 0 Å². The third-order valence-electron chi connectivity index (χ3n) is 5.48. The van der Waals surface area contributed by atoms with Crippen LogP contribution in [0, 0.1) is 13.8 Å². The molecule has 0 amide bonds. The molecule has 5 heteroatoms. The average molecular weight is 412 g/mol. The van der Waals surface area contributed by atoms with Crippen molar-refractivity contribution >= 4 is 21.7 Å². The van der Waals surface area contributed by atoms with E-state index < -0.39 is 5.63 Å². The van der Waals surface area contributed by atoms with E-state index in [0.717, 1.165) is 10.9 Å². The lowest BCUT2D eigenvalue weighted by atomic mass is 10.1. The molecule has 3 aromatic carbocycles. The van der Waals surface area contributed by atoms with Gasteiger partial charge in [0.15, 0.2) is 11.5 Å². The van der Waals surface area contributed by atoms with Crippen LogP contribution in [0.3, 0.4) is 0 Å². The van der Waals surface area contributed by atoms with E-state index in [1.807, 2.05) is 30.3 Å². The molecular weight excluding hydrogens is 392 g/mol. The average Bonchev–Trinajstić information content (AvgIpc) is 3.21. The second-order valence-corrected chi connectivity index (χ2v) is 7.60. The molecule has 31 heavy (non-hydrogen) atoms. The molecule has 0 saturated carbocycles. The first-order valence-corrected chi connectivity index (χ1v) is 9.97. The van der Waals surface area contributed by atoms with Gasteiger partial charge in [0.1, 0.15) is 23.7 Å². The molecule has 0 radical (unpaired) electrons. The first-order chi connectivity index (χ1) is 15.0. The molecule has 0 spiro atoms. The number of rotatable bonds is 4. The highest BCUT2D eigenvalue weighted by atomic mass is 16.5. The third kappa shape index (κ3) is 3.44. The number of ether oxygens (including phenoxy) is 1. The van der Waals surface area contributed by atoms with E-state index in [4.69, 9.17) is 13.6 Å². The van der Waals surface area contributed by atoms with Crippen molar-refractivity contribution in [2.24, 2.45) is 0 Å². The predicted molar refractivity (Wildman–Crippen MR) is 120 cm³/mol. The van der Waals surface area contributed by atoms with Crippen LogP contribution in [0.2, 0.25) is 0 Å². The Hall–Kier alpha value is -3.99. The molecule has 2 heterocycles. The summed E-state index contributed by atoms with van der Waals surface area (Å²) in [6.07, 6.45) is 0. The van der Waals surface area contributed by atoms with Crippen LogP contribution in [0.4, 0.5) is 0 Å². The van der Waals surface area contributed by atoms with Gasteiger partial charge in [-0.25, -0.2) is 4.79 Å². The van der Waals surface area contributed by atoms with Gasteiger partial charge in [-0.05, 0) is 60.5 Å². The maximum atomic E-state index is 12.0. The zero-order chi connectivity index (χ0) is 21.5. The zero-order valence-corrected chi connectivity index (χ0v) is 17.1. The van der Waals surface area contributed by atoms with Gasteiger partial charge in [-0.15, -0.1) is 0 Å². The Bertz CT molecular complexity index is 1490. The minimum atomic E-state index is -0.585. The lowest BCUT2D eigenvalue weighted by Gasteiger charge is -2.07. The first kappa shape index (κ1) is 19.0. The first-order valence-electron chi connectivity index (χ1n) is 9.97. The topological polar surface area (TPSA) is 72.8 Å². The van der Waals surface area contributed by atoms with Crippen molar-refractivity contribution in [1.82, 2.24) is 0 Å². The molecule has 0 saturated heterocycles. The monoisotopic (exact) mass is 412 g/mol. The minimum absolute atomic E-state index is 0.0777. The molecule has 0 bridgehead atoms. The van der Waals surface area contributed by atoms with Crippen molar-refractivity contribution < 1.29 is 18.7 Å². The summed E-state index contributed by atoms with van der Waals surface area (Å²) in [5.74, 6) is 1.23. The van der Waals surface area contributed by atoms with Crippen molar-refractivity contribution in [2.75, 3.05) is 0 Å². The Balaban J connectivity index is 1.42. The van der Waals surface area contributed by atoms with Gasteiger partial charge in [-0.2, -0.15) is 0 Å². The van der Waals surface area contributed by atoms with E-state index in [-0.39, 0.29) is 17.1 Å². The summed E-state index contributed by atoms with van der Waals surface area (Å²) in [6.45, 7) is 3.66. The molecule has 1 N–H and O–H groups in total. The van der Waals surface area contributed by atoms with Gasteiger partial charge in [0.2, 0.25) is 0 Å². The van der Waals surface area contributed by atoms with Gasteiger partial charge >= 0.3 is 5.63 Å². The lowest BCUT2D eigenvalue weighted by Crippen LogP contribution is -2.05. The molecule has 2 aromatic heterocycles. The summed E-state index contributed by atoms with van der Waals surface area (Å²) in [5.41, 5.74) is 1.78. The van der Waals surface area contributed by atoms with Gasteiger partial charge in [0, 0.05) is 10.9 Å². The predicted octanol–water partition coefficient (Wildman–Crippen LogP) is 6.11. The maximum Gasteiger partial charge on any atom is 0.343 e. The number of fused-ring (bicyclic) bond motifs is 2. The van der Waals surface area contributed by atoms with Crippen LogP contribution in [0.25, 0.3) is 33.3 Å². The van der Waals surface area contributed by atoms with E-state index in [2.05, 4.69) is 30.3 Å². The Labute approximate surface area is 178 Å². The van der Waals surface area contributed by atoms with Crippen LogP contribution in [0.15, 0.2) is 80.4 Å². The molecule has 0 unspecified atom stereocenters. The summed E-state index contributed by atoms with van der Waals surface area (Å²) >= 11 is 0. The van der Waals surface area contributed by atoms with Crippen molar-refractivity contribution in [3.8, 4) is 23.0 Å².